The second-order valence-corrected chi connectivity index (χ2v) is 5.57. The topological polar surface area (TPSA) is 34.1 Å². The number of alkyl halides is 3. The summed E-state index contributed by atoms with van der Waals surface area (Å²) in [6, 6.07) is 8.44. The van der Waals surface area contributed by atoms with Crippen molar-refractivity contribution in [3.05, 3.63) is 53.3 Å². The molecule has 2 aromatic rings. The quantitative estimate of drug-likeness (QED) is 0.937. The number of pyridine rings is 1. The molecule has 1 N–H and O–H groups in total. The fourth-order valence-corrected chi connectivity index (χ4v) is 2.98. The molecule has 1 aromatic heterocycles. The lowest BCUT2D eigenvalue weighted by molar-refractivity contribution is -0.141. The zero-order valence-corrected chi connectivity index (χ0v) is 12.7. The van der Waals surface area contributed by atoms with E-state index in [0.29, 0.717) is 18.8 Å². The molecule has 0 radical (unpaired) electrons. The zero-order chi connectivity index (χ0) is 16.4. The van der Waals surface area contributed by atoms with Crippen LogP contribution in [0.3, 0.4) is 0 Å². The van der Waals surface area contributed by atoms with Crippen LogP contribution in [0.2, 0.25) is 0 Å². The second-order valence-electron chi connectivity index (χ2n) is 5.57. The highest BCUT2D eigenvalue weighted by Crippen LogP contribution is 2.36. The molecule has 23 heavy (non-hydrogen) atoms. The van der Waals surface area contributed by atoms with Crippen molar-refractivity contribution in [3.8, 4) is 11.1 Å². The van der Waals surface area contributed by atoms with Crippen LogP contribution in [-0.4, -0.2) is 25.2 Å². The van der Waals surface area contributed by atoms with Gasteiger partial charge in [0.25, 0.3) is 0 Å². The molecule has 0 bridgehead atoms. The molecule has 1 aromatic carbocycles. The Labute approximate surface area is 132 Å². The Bertz CT molecular complexity index is 700. The van der Waals surface area contributed by atoms with E-state index in [-0.39, 0.29) is 5.92 Å². The number of fused-ring (bicyclic) bond motifs is 1. The Morgan fingerprint density at radius 2 is 2.13 bits per heavy atom. The molecule has 1 atom stereocenters. The zero-order valence-electron chi connectivity index (χ0n) is 12.7. The highest BCUT2D eigenvalue weighted by Gasteiger charge is 2.33. The van der Waals surface area contributed by atoms with E-state index >= 15 is 0 Å². The number of ether oxygens (including phenoxy) is 1. The predicted octanol–water partition coefficient (Wildman–Crippen LogP) is 3.60. The van der Waals surface area contributed by atoms with Crippen molar-refractivity contribution in [1.82, 2.24) is 10.3 Å². The number of likely N-dealkylation sites (N-methyl/N-ethyl adjacent to an activating group) is 1. The minimum atomic E-state index is -4.45. The lowest BCUT2D eigenvalue weighted by Gasteiger charge is -2.27. The Morgan fingerprint density at radius 1 is 1.30 bits per heavy atom. The molecule has 0 fully saturated rings. The van der Waals surface area contributed by atoms with Crippen LogP contribution in [0.15, 0.2) is 36.5 Å². The Morgan fingerprint density at radius 3 is 2.87 bits per heavy atom. The van der Waals surface area contributed by atoms with Crippen molar-refractivity contribution in [2.75, 3.05) is 20.2 Å². The van der Waals surface area contributed by atoms with E-state index in [1.807, 2.05) is 25.2 Å². The number of nitrogens with zero attached hydrogens (tertiary/aromatic N) is 1. The van der Waals surface area contributed by atoms with Crippen molar-refractivity contribution in [2.24, 2.45) is 0 Å². The lowest BCUT2D eigenvalue weighted by Crippen LogP contribution is -2.26. The third-order valence-electron chi connectivity index (χ3n) is 4.03. The van der Waals surface area contributed by atoms with Gasteiger partial charge in [-0.1, -0.05) is 18.2 Å². The minimum absolute atomic E-state index is 0.202. The van der Waals surface area contributed by atoms with Crippen LogP contribution < -0.4 is 5.32 Å². The Kier molecular flexibility index (Phi) is 4.37. The number of benzene rings is 1. The molecule has 0 spiro atoms. The fraction of sp³-hybridized carbons (Fsp3) is 0.353. The number of hydrogen-bond donors (Lipinski definition) is 1. The van der Waals surface area contributed by atoms with Crippen LogP contribution in [0, 0.1) is 0 Å². The summed E-state index contributed by atoms with van der Waals surface area (Å²) >= 11 is 0. The van der Waals surface area contributed by atoms with E-state index in [9.17, 15) is 13.2 Å². The van der Waals surface area contributed by atoms with Crippen molar-refractivity contribution in [3.63, 3.8) is 0 Å². The molecule has 3 rings (SSSR count). The number of aromatic nitrogens is 1. The van der Waals surface area contributed by atoms with E-state index in [4.69, 9.17) is 4.74 Å². The van der Waals surface area contributed by atoms with Crippen molar-refractivity contribution in [2.45, 2.75) is 18.7 Å². The van der Waals surface area contributed by atoms with Crippen LogP contribution in [0.4, 0.5) is 13.2 Å². The molecule has 2 heterocycles. The van der Waals surface area contributed by atoms with Crippen molar-refractivity contribution >= 4 is 0 Å². The normalized spacial score (nSPS) is 17.8. The van der Waals surface area contributed by atoms with Gasteiger partial charge in [-0.25, -0.2) is 0 Å². The highest BCUT2D eigenvalue weighted by atomic mass is 19.4. The largest absolute Gasteiger partial charge is 0.433 e. The first-order valence-electron chi connectivity index (χ1n) is 7.38. The summed E-state index contributed by atoms with van der Waals surface area (Å²) in [4.78, 5) is 3.43. The average Bonchev–Trinajstić information content (AvgIpc) is 2.54. The molecule has 122 valence electrons. The van der Waals surface area contributed by atoms with Gasteiger partial charge in [0.1, 0.15) is 5.69 Å². The average molecular weight is 322 g/mol. The SMILES string of the molecule is CNCC1COCc2c(-c3ccnc(C(F)(F)F)c3)cccc21. The van der Waals surface area contributed by atoms with Crippen molar-refractivity contribution < 1.29 is 17.9 Å². The van der Waals surface area contributed by atoms with Gasteiger partial charge < -0.3 is 10.1 Å². The maximum atomic E-state index is 12.9. The van der Waals surface area contributed by atoms with E-state index < -0.39 is 11.9 Å². The van der Waals surface area contributed by atoms with Gasteiger partial charge in [-0.05, 0) is 41.4 Å². The minimum Gasteiger partial charge on any atom is -0.376 e. The van der Waals surface area contributed by atoms with Gasteiger partial charge in [0.05, 0.1) is 13.2 Å². The summed E-state index contributed by atoms with van der Waals surface area (Å²) in [5.41, 5.74) is 2.50. The van der Waals surface area contributed by atoms with E-state index in [1.54, 1.807) is 6.07 Å². The van der Waals surface area contributed by atoms with Crippen LogP contribution in [0.25, 0.3) is 11.1 Å². The number of nitrogens with one attached hydrogen (secondary N) is 1. The van der Waals surface area contributed by atoms with E-state index in [0.717, 1.165) is 29.3 Å². The van der Waals surface area contributed by atoms with Gasteiger partial charge >= 0.3 is 6.18 Å². The van der Waals surface area contributed by atoms with Gasteiger partial charge in [-0.2, -0.15) is 13.2 Å². The molecular weight excluding hydrogens is 305 g/mol. The highest BCUT2D eigenvalue weighted by molar-refractivity contribution is 5.69. The van der Waals surface area contributed by atoms with Gasteiger partial charge in [-0.3, -0.25) is 4.98 Å². The predicted molar refractivity (Wildman–Crippen MR) is 81.0 cm³/mol. The van der Waals surface area contributed by atoms with Gasteiger partial charge in [0.2, 0.25) is 0 Å². The lowest BCUT2D eigenvalue weighted by atomic mass is 9.87. The molecule has 1 aliphatic heterocycles. The standard InChI is InChI=1S/C17H17F3N2O/c1-21-8-12-9-23-10-15-13(3-2-4-14(12)15)11-5-6-22-16(7-11)17(18,19)20/h2-7,12,21H,8-10H2,1H3. The maximum Gasteiger partial charge on any atom is 0.433 e. The fourth-order valence-electron chi connectivity index (χ4n) is 2.98. The van der Waals surface area contributed by atoms with Gasteiger partial charge in [0.15, 0.2) is 0 Å². The monoisotopic (exact) mass is 322 g/mol. The van der Waals surface area contributed by atoms with Crippen LogP contribution in [0.1, 0.15) is 22.7 Å². The summed E-state index contributed by atoms with van der Waals surface area (Å²) in [6.45, 7) is 1.79. The van der Waals surface area contributed by atoms with E-state index in [1.165, 1.54) is 6.20 Å². The first-order valence-corrected chi connectivity index (χ1v) is 7.38. The molecule has 0 aliphatic carbocycles. The Hall–Kier alpha value is -1.92. The first-order chi connectivity index (χ1) is 11.0. The van der Waals surface area contributed by atoms with Crippen LogP contribution >= 0.6 is 0 Å². The molecule has 0 saturated carbocycles. The van der Waals surface area contributed by atoms with Gasteiger partial charge in [0, 0.05) is 18.7 Å². The van der Waals surface area contributed by atoms with Crippen LogP contribution in [0.5, 0.6) is 0 Å². The number of rotatable bonds is 3. The van der Waals surface area contributed by atoms with Crippen molar-refractivity contribution in [1.29, 1.82) is 0 Å². The summed E-state index contributed by atoms with van der Waals surface area (Å²) in [5, 5.41) is 3.13. The summed E-state index contributed by atoms with van der Waals surface area (Å²) in [6.07, 6.45) is -3.25. The number of hydrogen-bond acceptors (Lipinski definition) is 3. The van der Waals surface area contributed by atoms with E-state index in [2.05, 4.69) is 10.3 Å². The maximum absolute atomic E-state index is 12.9. The molecular formula is C17H17F3N2O. The number of halogens is 3. The summed E-state index contributed by atoms with van der Waals surface area (Å²) < 4.78 is 44.3. The molecule has 6 heteroatoms. The van der Waals surface area contributed by atoms with Crippen LogP contribution in [-0.2, 0) is 17.5 Å². The molecule has 1 unspecified atom stereocenters. The third kappa shape index (κ3) is 3.23. The second kappa shape index (κ2) is 6.29. The Balaban J connectivity index is 2.06. The molecule has 0 saturated heterocycles. The third-order valence-corrected chi connectivity index (χ3v) is 4.03. The summed E-state index contributed by atoms with van der Waals surface area (Å²) in [5.74, 6) is 0.202. The summed E-state index contributed by atoms with van der Waals surface area (Å²) in [7, 11) is 1.87. The molecule has 3 nitrogen and oxygen atoms in total. The van der Waals surface area contributed by atoms with Gasteiger partial charge in [-0.15, -0.1) is 0 Å². The smallest absolute Gasteiger partial charge is 0.376 e. The first kappa shape index (κ1) is 16.0. The molecule has 0 amide bonds. The molecule has 1 aliphatic rings.